The molecule has 0 spiro atoms. The smallest absolute Gasteiger partial charge is 0.0828 e. The van der Waals surface area contributed by atoms with Gasteiger partial charge in [0.05, 0.1) is 11.8 Å². The van der Waals surface area contributed by atoms with Crippen molar-refractivity contribution in [3.05, 3.63) is 17.0 Å². The van der Waals surface area contributed by atoms with Crippen LogP contribution in [0, 0.1) is 19.8 Å². The fraction of sp³-hybridized carbons (Fsp3) is 0.727. The van der Waals surface area contributed by atoms with Crippen molar-refractivity contribution in [3.8, 4) is 0 Å². The molecule has 1 aromatic rings. The van der Waals surface area contributed by atoms with E-state index in [1.54, 1.807) is 0 Å². The van der Waals surface area contributed by atoms with E-state index in [2.05, 4.69) is 5.10 Å². The Labute approximate surface area is 84.7 Å². The summed E-state index contributed by atoms with van der Waals surface area (Å²) in [5, 5.41) is 14.4. The van der Waals surface area contributed by atoms with Crippen molar-refractivity contribution in [1.29, 1.82) is 0 Å². The van der Waals surface area contributed by atoms with E-state index in [4.69, 9.17) is 0 Å². The van der Waals surface area contributed by atoms with Crippen LogP contribution in [0.5, 0.6) is 0 Å². The third kappa shape index (κ3) is 1.69. The minimum Gasteiger partial charge on any atom is -0.388 e. The molecule has 1 saturated carbocycles. The van der Waals surface area contributed by atoms with E-state index in [1.807, 2.05) is 25.6 Å². The molecular formula is C11H18N2O. The van der Waals surface area contributed by atoms with Crippen LogP contribution in [0.2, 0.25) is 0 Å². The molecule has 1 unspecified atom stereocenters. The van der Waals surface area contributed by atoms with E-state index in [0.29, 0.717) is 0 Å². The van der Waals surface area contributed by atoms with Crippen LogP contribution in [0.4, 0.5) is 0 Å². The highest BCUT2D eigenvalue weighted by atomic mass is 16.3. The van der Waals surface area contributed by atoms with E-state index in [0.717, 1.165) is 29.3 Å². The monoisotopic (exact) mass is 194 g/mol. The van der Waals surface area contributed by atoms with Gasteiger partial charge in [0.25, 0.3) is 0 Å². The largest absolute Gasteiger partial charge is 0.388 e. The maximum atomic E-state index is 10.1. The zero-order chi connectivity index (χ0) is 10.3. The summed E-state index contributed by atoms with van der Waals surface area (Å²) in [6.07, 6.45) is 3.18. The summed E-state index contributed by atoms with van der Waals surface area (Å²) in [6.45, 7) is 3.99. The van der Waals surface area contributed by atoms with Crippen molar-refractivity contribution in [1.82, 2.24) is 9.78 Å². The molecule has 0 saturated heterocycles. The van der Waals surface area contributed by atoms with Gasteiger partial charge in [-0.2, -0.15) is 5.10 Å². The lowest BCUT2D eigenvalue weighted by Gasteiger charge is -2.10. The average Bonchev–Trinajstić information content (AvgIpc) is 2.83. The molecule has 3 heteroatoms. The Hall–Kier alpha value is -0.830. The molecule has 3 nitrogen and oxygen atoms in total. The van der Waals surface area contributed by atoms with Gasteiger partial charge in [-0.3, -0.25) is 4.68 Å². The van der Waals surface area contributed by atoms with E-state index in [9.17, 15) is 5.11 Å². The maximum Gasteiger partial charge on any atom is 0.0828 e. The fourth-order valence-corrected chi connectivity index (χ4v) is 2.06. The lowest BCUT2D eigenvalue weighted by Crippen LogP contribution is -2.02. The summed E-state index contributed by atoms with van der Waals surface area (Å²) in [4.78, 5) is 0. The minimum atomic E-state index is -0.309. The molecule has 78 valence electrons. The van der Waals surface area contributed by atoms with Crippen LogP contribution in [-0.4, -0.2) is 14.9 Å². The third-order valence-corrected chi connectivity index (χ3v) is 3.15. The summed E-state index contributed by atoms with van der Waals surface area (Å²) in [5.41, 5.74) is 3.10. The number of rotatable bonds is 3. The number of hydrogen-bond donors (Lipinski definition) is 1. The molecule has 0 bridgehead atoms. The Morgan fingerprint density at radius 2 is 2.14 bits per heavy atom. The highest BCUT2D eigenvalue weighted by molar-refractivity contribution is 5.26. The number of aliphatic hydroxyl groups is 1. The van der Waals surface area contributed by atoms with Crippen LogP contribution in [-0.2, 0) is 7.05 Å². The molecule has 1 aromatic heterocycles. The topological polar surface area (TPSA) is 38.0 Å². The first kappa shape index (κ1) is 9.71. The Kier molecular flexibility index (Phi) is 2.35. The lowest BCUT2D eigenvalue weighted by molar-refractivity contribution is 0.159. The Morgan fingerprint density at radius 3 is 2.57 bits per heavy atom. The van der Waals surface area contributed by atoms with Crippen molar-refractivity contribution in [2.45, 2.75) is 39.2 Å². The van der Waals surface area contributed by atoms with Gasteiger partial charge in [-0.25, -0.2) is 0 Å². The molecule has 1 aliphatic carbocycles. The van der Waals surface area contributed by atoms with Gasteiger partial charge in [-0.05, 0) is 26.2 Å². The van der Waals surface area contributed by atoms with Gasteiger partial charge >= 0.3 is 0 Å². The van der Waals surface area contributed by atoms with Gasteiger partial charge in [0.2, 0.25) is 0 Å². The number of hydrogen-bond acceptors (Lipinski definition) is 2. The van der Waals surface area contributed by atoms with Crippen LogP contribution in [0.1, 0.15) is 42.3 Å². The number of aliphatic hydroxyl groups excluding tert-OH is 1. The Morgan fingerprint density at radius 1 is 1.50 bits per heavy atom. The van der Waals surface area contributed by atoms with Gasteiger partial charge in [-0.15, -0.1) is 0 Å². The van der Waals surface area contributed by atoms with E-state index in [-0.39, 0.29) is 6.10 Å². The standard InChI is InChI=1S/C11H18N2O/c1-7-11(8(2)13(3)12-7)10(14)6-9-4-5-9/h9-10,14H,4-6H2,1-3H3. The maximum absolute atomic E-state index is 10.1. The van der Waals surface area contributed by atoms with Gasteiger partial charge in [-0.1, -0.05) is 12.8 Å². The third-order valence-electron chi connectivity index (χ3n) is 3.15. The molecule has 14 heavy (non-hydrogen) atoms. The lowest BCUT2D eigenvalue weighted by atomic mass is 10.0. The Bertz CT molecular complexity index is 339. The van der Waals surface area contributed by atoms with E-state index in [1.165, 1.54) is 12.8 Å². The molecule has 1 fully saturated rings. The van der Waals surface area contributed by atoms with Crippen LogP contribution in [0.25, 0.3) is 0 Å². The van der Waals surface area contributed by atoms with Gasteiger partial charge in [0, 0.05) is 18.3 Å². The average molecular weight is 194 g/mol. The summed E-state index contributed by atoms with van der Waals surface area (Å²) in [6, 6.07) is 0. The van der Waals surface area contributed by atoms with Crippen LogP contribution < -0.4 is 0 Å². The predicted molar refractivity (Wildman–Crippen MR) is 55.0 cm³/mol. The molecule has 1 heterocycles. The van der Waals surface area contributed by atoms with Crippen LogP contribution in [0.15, 0.2) is 0 Å². The van der Waals surface area contributed by atoms with Crippen molar-refractivity contribution < 1.29 is 5.11 Å². The highest BCUT2D eigenvalue weighted by Gasteiger charge is 2.27. The summed E-state index contributed by atoms with van der Waals surface area (Å²) < 4.78 is 1.85. The molecule has 0 aromatic carbocycles. The molecule has 0 radical (unpaired) electrons. The molecule has 0 amide bonds. The second kappa shape index (κ2) is 3.39. The van der Waals surface area contributed by atoms with Gasteiger partial charge in [0.1, 0.15) is 0 Å². The Balaban J connectivity index is 2.20. The van der Waals surface area contributed by atoms with Gasteiger partial charge in [0.15, 0.2) is 0 Å². The molecule has 2 rings (SSSR count). The van der Waals surface area contributed by atoms with Crippen LogP contribution >= 0.6 is 0 Å². The SMILES string of the molecule is Cc1nn(C)c(C)c1C(O)CC1CC1. The van der Waals surface area contributed by atoms with Crippen molar-refractivity contribution in [2.24, 2.45) is 13.0 Å². The first-order chi connectivity index (χ1) is 6.59. The minimum absolute atomic E-state index is 0.309. The molecular weight excluding hydrogens is 176 g/mol. The van der Waals surface area contributed by atoms with Crippen molar-refractivity contribution in [3.63, 3.8) is 0 Å². The molecule has 1 aliphatic rings. The molecule has 0 aliphatic heterocycles. The summed E-state index contributed by atoms with van der Waals surface area (Å²) in [7, 11) is 1.93. The zero-order valence-corrected chi connectivity index (χ0v) is 9.12. The van der Waals surface area contributed by atoms with Crippen LogP contribution in [0.3, 0.4) is 0 Å². The number of aryl methyl sites for hydroxylation is 2. The normalized spacial score (nSPS) is 18.6. The molecule has 1 atom stereocenters. The van der Waals surface area contributed by atoms with E-state index >= 15 is 0 Å². The van der Waals surface area contributed by atoms with E-state index < -0.39 is 0 Å². The highest BCUT2D eigenvalue weighted by Crippen LogP contribution is 2.38. The summed E-state index contributed by atoms with van der Waals surface area (Å²) >= 11 is 0. The molecule has 1 N–H and O–H groups in total. The van der Waals surface area contributed by atoms with Crippen molar-refractivity contribution in [2.75, 3.05) is 0 Å². The second-order valence-corrected chi connectivity index (χ2v) is 4.40. The first-order valence-corrected chi connectivity index (χ1v) is 5.27. The fourth-order valence-electron chi connectivity index (χ4n) is 2.06. The zero-order valence-electron chi connectivity index (χ0n) is 9.12. The number of nitrogens with zero attached hydrogens (tertiary/aromatic N) is 2. The predicted octanol–water partition coefficient (Wildman–Crippen LogP) is 1.87. The first-order valence-electron chi connectivity index (χ1n) is 5.27. The summed E-state index contributed by atoms with van der Waals surface area (Å²) in [5.74, 6) is 0.754. The van der Waals surface area contributed by atoms with Crippen molar-refractivity contribution >= 4 is 0 Å². The quantitative estimate of drug-likeness (QED) is 0.797. The number of aromatic nitrogens is 2. The van der Waals surface area contributed by atoms with Gasteiger partial charge < -0.3 is 5.11 Å². The second-order valence-electron chi connectivity index (χ2n) is 4.40.